The van der Waals surface area contributed by atoms with Crippen LogP contribution in [-0.4, -0.2) is 10.5 Å². The molecule has 0 unspecified atom stereocenters. The van der Waals surface area contributed by atoms with Crippen LogP contribution in [0.5, 0.6) is 0 Å². The predicted octanol–water partition coefficient (Wildman–Crippen LogP) is 2.57. The van der Waals surface area contributed by atoms with E-state index >= 15 is 0 Å². The average Bonchev–Trinajstić information content (AvgIpc) is 2.82. The molecule has 1 amide bonds. The molecule has 4 nitrogen and oxygen atoms in total. The van der Waals surface area contributed by atoms with Gasteiger partial charge in [-0.2, -0.15) is 5.26 Å². The van der Waals surface area contributed by atoms with Crippen LogP contribution < -0.4 is 5.32 Å². The third-order valence-electron chi connectivity index (χ3n) is 2.56. The van der Waals surface area contributed by atoms with E-state index in [1.807, 2.05) is 54.3 Å². The number of carbonyl (C=O) groups is 1. The van der Waals surface area contributed by atoms with Crippen LogP contribution >= 0.6 is 0 Å². The molecular weight excluding hydrogens is 238 g/mol. The summed E-state index contributed by atoms with van der Waals surface area (Å²) >= 11 is 0. The number of nitrogens with one attached hydrogen (secondary N) is 1. The molecule has 1 N–H and O–H groups in total. The first-order valence-corrected chi connectivity index (χ1v) is 5.79. The lowest BCUT2D eigenvalue weighted by molar-refractivity contribution is -0.112. The number of rotatable bonds is 3. The van der Waals surface area contributed by atoms with Crippen molar-refractivity contribution in [2.75, 3.05) is 5.32 Å². The van der Waals surface area contributed by atoms with Gasteiger partial charge >= 0.3 is 0 Å². The molecule has 2 rings (SSSR count). The Morgan fingerprint density at radius 2 is 2.05 bits per heavy atom. The molecule has 0 spiro atoms. The average molecular weight is 251 g/mol. The molecule has 0 fully saturated rings. The summed E-state index contributed by atoms with van der Waals surface area (Å²) in [6.07, 6.45) is 5.27. The van der Waals surface area contributed by atoms with Crippen molar-refractivity contribution in [3.63, 3.8) is 0 Å². The summed E-state index contributed by atoms with van der Waals surface area (Å²) in [5, 5.41) is 11.7. The fourth-order valence-corrected chi connectivity index (χ4v) is 1.65. The maximum atomic E-state index is 11.9. The number of hydrogen-bond acceptors (Lipinski definition) is 2. The van der Waals surface area contributed by atoms with E-state index in [2.05, 4.69) is 5.32 Å². The van der Waals surface area contributed by atoms with Gasteiger partial charge in [-0.05, 0) is 29.8 Å². The molecule has 4 heteroatoms. The smallest absolute Gasteiger partial charge is 0.266 e. The number of benzene rings is 1. The van der Waals surface area contributed by atoms with Crippen molar-refractivity contribution in [3.05, 3.63) is 59.9 Å². The molecule has 0 bridgehead atoms. The van der Waals surface area contributed by atoms with E-state index in [0.29, 0.717) is 5.69 Å². The van der Waals surface area contributed by atoms with Gasteiger partial charge in [-0.3, -0.25) is 4.79 Å². The summed E-state index contributed by atoms with van der Waals surface area (Å²) in [6.45, 7) is 0. The van der Waals surface area contributed by atoms with Gasteiger partial charge in [0.1, 0.15) is 11.6 Å². The monoisotopic (exact) mass is 251 g/mol. The first-order valence-electron chi connectivity index (χ1n) is 5.79. The third kappa shape index (κ3) is 3.33. The van der Waals surface area contributed by atoms with Gasteiger partial charge in [0.05, 0.1) is 0 Å². The highest BCUT2D eigenvalue weighted by molar-refractivity contribution is 6.09. The number of aryl methyl sites for hydroxylation is 1. The van der Waals surface area contributed by atoms with Crippen molar-refractivity contribution in [1.29, 1.82) is 5.26 Å². The van der Waals surface area contributed by atoms with Gasteiger partial charge in [0.2, 0.25) is 0 Å². The van der Waals surface area contributed by atoms with Crippen LogP contribution in [0.4, 0.5) is 5.69 Å². The minimum atomic E-state index is -0.405. The number of nitriles is 1. The van der Waals surface area contributed by atoms with E-state index in [1.54, 1.807) is 18.2 Å². The second-order valence-electron chi connectivity index (χ2n) is 4.10. The lowest BCUT2D eigenvalue weighted by Crippen LogP contribution is -2.13. The molecule has 1 heterocycles. The van der Waals surface area contributed by atoms with E-state index in [-0.39, 0.29) is 5.57 Å². The first kappa shape index (κ1) is 12.7. The Morgan fingerprint density at radius 3 is 2.63 bits per heavy atom. The Morgan fingerprint density at radius 1 is 1.32 bits per heavy atom. The molecule has 1 aromatic heterocycles. The van der Waals surface area contributed by atoms with Gasteiger partial charge in [-0.25, -0.2) is 0 Å². The number of para-hydroxylation sites is 1. The highest BCUT2D eigenvalue weighted by atomic mass is 16.1. The predicted molar refractivity (Wildman–Crippen MR) is 74.1 cm³/mol. The van der Waals surface area contributed by atoms with Crippen molar-refractivity contribution < 1.29 is 4.79 Å². The van der Waals surface area contributed by atoms with Gasteiger partial charge in [-0.15, -0.1) is 0 Å². The molecule has 0 aliphatic heterocycles. The number of anilines is 1. The quantitative estimate of drug-likeness (QED) is 0.673. The summed E-state index contributed by atoms with van der Waals surface area (Å²) in [4.78, 5) is 11.9. The largest absolute Gasteiger partial charge is 0.357 e. The Hall–Kier alpha value is -2.80. The van der Waals surface area contributed by atoms with Crippen LogP contribution in [0.3, 0.4) is 0 Å². The van der Waals surface area contributed by atoms with E-state index in [1.165, 1.54) is 0 Å². The molecule has 94 valence electrons. The van der Waals surface area contributed by atoms with Crippen LogP contribution in [0.15, 0.2) is 54.4 Å². The summed E-state index contributed by atoms with van der Waals surface area (Å²) in [5.74, 6) is -0.405. The molecule has 0 saturated heterocycles. The second kappa shape index (κ2) is 5.69. The van der Waals surface area contributed by atoms with E-state index in [4.69, 9.17) is 5.26 Å². The maximum Gasteiger partial charge on any atom is 0.266 e. The van der Waals surface area contributed by atoms with Gasteiger partial charge in [0, 0.05) is 25.1 Å². The highest BCUT2D eigenvalue weighted by Crippen LogP contribution is 2.10. The lowest BCUT2D eigenvalue weighted by Gasteiger charge is -2.03. The van der Waals surface area contributed by atoms with Crippen molar-refractivity contribution in [3.8, 4) is 6.07 Å². The molecule has 0 aliphatic carbocycles. The standard InChI is InChI=1S/C15H13N3O/c1-18-8-7-12(11-18)9-13(10-16)15(19)17-14-5-3-2-4-6-14/h2-9,11H,1H3,(H,17,19)/b13-9+. The first-order chi connectivity index (χ1) is 9.19. The minimum absolute atomic E-state index is 0.0788. The SMILES string of the molecule is Cn1ccc(/C=C(\C#N)C(=O)Nc2ccccc2)c1. The van der Waals surface area contributed by atoms with E-state index in [0.717, 1.165) is 5.56 Å². The number of nitrogens with zero attached hydrogens (tertiary/aromatic N) is 2. The summed E-state index contributed by atoms with van der Waals surface area (Å²) in [7, 11) is 1.88. The summed E-state index contributed by atoms with van der Waals surface area (Å²) < 4.78 is 1.86. The molecule has 0 atom stereocenters. The number of carbonyl (C=O) groups excluding carboxylic acids is 1. The van der Waals surface area contributed by atoms with E-state index in [9.17, 15) is 4.79 Å². The van der Waals surface area contributed by atoms with Crippen molar-refractivity contribution in [1.82, 2.24) is 4.57 Å². The summed E-state index contributed by atoms with van der Waals surface area (Å²) in [6, 6.07) is 12.8. The van der Waals surface area contributed by atoms with Crippen molar-refractivity contribution in [2.24, 2.45) is 7.05 Å². The zero-order valence-corrected chi connectivity index (χ0v) is 10.5. The fraction of sp³-hybridized carbons (Fsp3) is 0.0667. The van der Waals surface area contributed by atoms with Crippen LogP contribution in [0.2, 0.25) is 0 Å². The van der Waals surface area contributed by atoms with Gasteiger partial charge < -0.3 is 9.88 Å². The molecule has 0 radical (unpaired) electrons. The Kier molecular flexibility index (Phi) is 3.79. The molecule has 2 aromatic rings. The zero-order chi connectivity index (χ0) is 13.7. The second-order valence-corrected chi connectivity index (χ2v) is 4.10. The van der Waals surface area contributed by atoms with Crippen LogP contribution in [0.1, 0.15) is 5.56 Å². The Labute approximate surface area is 111 Å². The van der Waals surface area contributed by atoms with Crippen LogP contribution in [0.25, 0.3) is 6.08 Å². The lowest BCUT2D eigenvalue weighted by atomic mass is 10.2. The Bertz CT molecular complexity index is 648. The van der Waals surface area contributed by atoms with Gasteiger partial charge in [0.25, 0.3) is 5.91 Å². The summed E-state index contributed by atoms with van der Waals surface area (Å²) in [5.41, 5.74) is 1.57. The van der Waals surface area contributed by atoms with Crippen LogP contribution in [-0.2, 0) is 11.8 Å². The molecule has 0 saturated carbocycles. The third-order valence-corrected chi connectivity index (χ3v) is 2.56. The van der Waals surface area contributed by atoms with Crippen molar-refractivity contribution >= 4 is 17.7 Å². The topological polar surface area (TPSA) is 57.8 Å². The maximum absolute atomic E-state index is 11.9. The van der Waals surface area contributed by atoms with Crippen LogP contribution in [0, 0.1) is 11.3 Å². The Balaban J connectivity index is 2.16. The van der Waals surface area contributed by atoms with Gasteiger partial charge in [0.15, 0.2) is 0 Å². The molecular formula is C15H13N3O. The number of hydrogen-bond donors (Lipinski definition) is 1. The van der Waals surface area contributed by atoms with Gasteiger partial charge in [-0.1, -0.05) is 18.2 Å². The normalized spacial score (nSPS) is 10.8. The molecule has 0 aliphatic rings. The highest BCUT2D eigenvalue weighted by Gasteiger charge is 2.09. The van der Waals surface area contributed by atoms with Crippen molar-refractivity contribution in [2.45, 2.75) is 0 Å². The van der Waals surface area contributed by atoms with E-state index < -0.39 is 5.91 Å². The molecule has 1 aromatic carbocycles. The molecule has 19 heavy (non-hydrogen) atoms. The fourth-order valence-electron chi connectivity index (χ4n) is 1.65. The number of aromatic nitrogens is 1. The number of amides is 1. The zero-order valence-electron chi connectivity index (χ0n) is 10.5. The minimum Gasteiger partial charge on any atom is -0.357 e.